The number of guanidine groups is 2. The minimum absolute atomic E-state index is 0.0106. The molecule has 10 atom stereocenters. The van der Waals surface area contributed by atoms with Crippen LogP contribution in [0.2, 0.25) is 0 Å². The molecule has 26 nitrogen and oxygen atoms in total. The van der Waals surface area contributed by atoms with Gasteiger partial charge in [-0.2, -0.15) is 0 Å². The number of hydrogen-bond donors (Lipinski definition) is 15. The Morgan fingerprint density at radius 2 is 1.00 bits per heavy atom. The molecule has 0 spiro atoms. The third-order valence-corrected chi connectivity index (χ3v) is 11.3. The Kier molecular flexibility index (Phi) is 27.7. The number of aliphatic hydroxyl groups excluding tert-OH is 1. The van der Waals surface area contributed by atoms with E-state index in [4.69, 9.17) is 28.7 Å². The summed E-state index contributed by atoms with van der Waals surface area (Å²) < 4.78 is 0. The van der Waals surface area contributed by atoms with E-state index in [2.05, 4.69) is 52.5 Å². The molecule has 1 rings (SSSR count). The van der Waals surface area contributed by atoms with Crippen molar-refractivity contribution in [2.24, 2.45) is 50.5 Å². The maximum absolute atomic E-state index is 14.0. The van der Waals surface area contributed by atoms with E-state index < -0.39 is 121 Å². The lowest BCUT2D eigenvalue weighted by molar-refractivity contribution is -0.141. The summed E-state index contributed by atoms with van der Waals surface area (Å²) in [5, 5.41) is 40.1. The fourth-order valence-corrected chi connectivity index (χ4v) is 6.74. The largest absolute Gasteiger partial charge is 0.481 e. The number of nitrogens with one attached hydrogen (secondary N) is 8. The quantitative estimate of drug-likeness (QED) is 0.0179. The van der Waals surface area contributed by atoms with Crippen molar-refractivity contribution in [3.05, 3.63) is 35.9 Å². The first kappa shape index (κ1) is 60.9. The number of amides is 8. The number of rotatable bonds is 33. The normalized spacial score (nSPS) is 15.2. The van der Waals surface area contributed by atoms with Crippen LogP contribution in [0.25, 0.3) is 0 Å². The third kappa shape index (κ3) is 22.3. The van der Waals surface area contributed by atoms with E-state index in [1.54, 1.807) is 51.1 Å². The van der Waals surface area contributed by atoms with Crippen LogP contribution in [0.15, 0.2) is 40.3 Å². The van der Waals surface area contributed by atoms with Gasteiger partial charge in [0.05, 0.1) is 19.1 Å². The van der Waals surface area contributed by atoms with Gasteiger partial charge in [0.2, 0.25) is 47.3 Å². The van der Waals surface area contributed by atoms with Crippen molar-refractivity contribution in [1.82, 2.24) is 42.5 Å². The first-order valence-corrected chi connectivity index (χ1v) is 23.1. The summed E-state index contributed by atoms with van der Waals surface area (Å²) in [7, 11) is 1.54. The number of aliphatic carboxylic acids is 1. The maximum atomic E-state index is 14.0. The Labute approximate surface area is 407 Å². The van der Waals surface area contributed by atoms with E-state index in [1.807, 2.05) is 6.92 Å². The van der Waals surface area contributed by atoms with Gasteiger partial charge in [-0.3, -0.25) is 53.1 Å². The molecule has 0 bridgehead atoms. The van der Waals surface area contributed by atoms with Crippen molar-refractivity contribution >= 4 is 65.1 Å². The van der Waals surface area contributed by atoms with Crippen molar-refractivity contribution in [3.63, 3.8) is 0 Å². The topological polar surface area (TPSA) is 445 Å². The number of aliphatic hydroxyl groups is 1. The molecule has 0 aromatic heterocycles. The second kappa shape index (κ2) is 31.9. The fraction of sp³-hybridized carbons (Fsp3) is 0.614. The van der Waals surface area contributed by atoms with E-state index in [1.165, 1.54) is 14.0 Å². The van der Waals surface area contributed by atoms with Gasteiger partial charge >= 0.3 is 5.97 Å². The average molecular weight is 990 g/mol. The number of aliphatic imine (C=N–C) groups is 2. The van der Waals surface area contributed by atoms with Crippen LogP contribution in [0.5, 0.6) is 0 Å². The zero-order chi connectivity index (χ0) is 53.1. The average Bonchev–Trinajstić information content (AvgIpc) is 3.30. The van der Waals surface area contributed by atoms with Crippen LogP contribution in [-0.4, -0.2) is 150 Å². The van der Waals surface area contributed by atoms with E-state index in [0.29, 0.717) is 24.8 Å². The summed E-state index contributed by atoms with van der Waals surface area (Å²) in [5.74, 6) is -9.77. The number of hydrogen-bond acceptors (Lipinski definition) is 13. The Hall–Kier alpha value is -7.09. The first-order valence-electron chi connectivity index (χ1n) is 23.1. The van der Waals surface area contributed by atoms with Gasteiger partial charge in [0, 0.05) is 19.5 Å². The van der Waals surface area contributed by atoms with Gasteiger partial charge < -0.3 is 81.4 Å². The monoisotopic (exact) mass is 990 g/mol. The minimum Gasteiger partial charge on any atom is -0.481 e. The minimum atomic E-state index is -1.80. The molecule has 0 fully saturated rings. The van der Waals surface area contributed by atoms with Gasteiger partial charge in [0.25, 0.3) is 0 Å². The molecule has 0 heterocycles. The molecule has 392 valence electrons. The molecule has 1 aromatic carbocycles. The molecule has 0 radical (unpaired) electrons. The third-order valence-electron chi connectivity index (χ3n) is 11.3. The molecule has 8 amide bonds. The number of likely N-dealkylation sites (N-methyl/N-ethyl adjacent to an activating group) is 1. The highest BCUT2D eigenvalue weighted by Gasteiger charge is 2.36. The molecular weight excluding hydrogens is 915 g/mol. The van der Waals surface area contributed by atoms with Gasteiger partial charge in [-0.05, 0) is 57.1 Å². The van der Waals surface area contributed by atoms with E-state index >= 15 is 0 Å². The Bertz CT molecular complexity index is 1970. The first-order chi connectivity index (χ1) is 33.0. The predicted molar refractivity (Wildman–Crippen MR) is 259 cm³/mol. The molecule has 0 aliphatic carbocycles. The van der Waals surface area contributed by atoms with Crippen LogP contribution < -0.4 is 71.2 Å². The highest BCUT2D eigenvalue weighted by atomic mass is 16.4. The predicted octanol–water partition coefficient (Wildman–Crippen LogP) is -4.62. The molecule has 20 N–H and O–H groups in total. The number of carbonyl (C=O) groups is 9. The summed E-state index contributed by atoms with van der Waals surface area (Å²) in [6.45, 7) is 7.45. The maximum Gasteiger partial charge on any atom is 0.305 e. The van der Waals surface area contributed by atoms with Crippen molar-refractivity contribution < 1.29 is 53.4 Å². The summed E-state index contributed by atoms with van der Waals surface area (Å²) >= 11 is 0. The number of nitrogens with two attached hydrogens (primary N) is 5. The summed E-state index contributed by atoms with van der Waals surface area (Å²) in [6, 6.07) is -2.02. The van der Waals surface area contributed by atoms with Crippen LogP contribution in [0.1, 0.15) is 85.1 Å². The molecule has 0 saturated carbocycles. The SMILES string of the molecule is CC[C@H](C)[C@H](NC(=O)[C@H](Cc1ccccc1)NC(=O)[C@@H](NC(=O)[C@H](CC(=O)O)NC(=O)[C@H](C)NC(=O)[C@H](CO)NC(=O)[C@H](CCCN=C(N)N)NC(=O)[C@H](CCCN=C(N)N)NC)[C@@H](C)CC)C(N)=O. The Balaban J connectivity index is 3.26. The second-order valence-electron chi connectivity index (χ2n) is 16.8. The molecule has 0 aliphatic rings. The van der Waals surface area contributed by atoms with Crippen molar-refractivity contribution in [2.75, 3.05) is 26.7 Å². The van der Waals surface area contributed by atoms with Crippen LogP contribution in [-0.2, 0) is 49.6 Å². The highest BCUT2D eigenvalue weighted by Crippen LogP contribution is 2.13. The van der Waals surface area contributed by atoms with Crippen molar-refractivity contribution in [3.8, 4) is 0 Å². The molecule has 0 saturated heterocycles. The fourth-order valence-electron chi connectivity index (χ4n) is 6.74. The molecule has 0 unspecified atom stereocenters. The summed E-state index contributed by atoms with van der Waals surface area (Å²) in [6.07, 6.45) is 0.713. The number of nitrogens with zero attached hydrogens (tertiary/aromatic N) is 2. The second-order valence-corrected chi connectivity index (χ2v) is 16.8. The number of primary amides is 1. The zero-order valence-electron chi connectivity index (χ0n) is 40.8. The molecule has 70 heavy (non-hydrogen) atoms. The number of carboxylic acids is 1. The van der Waals surface area contributed by atoms with Gasteiger partial charge in [0.15, 0.2) is 11.9 Å². The Morgan fingerprint density at radius 1 is 0.557 bits per heavy atom. The number of carboxylic acid groups (broad SMARTS) is 1. The van der Waals surface area contributed by atoms with Crippen LogP contribution >= 0.6 is 0 Å². The van der Waals surface area contributed by atoms with Gasteiger partial charge in [-0.25, -0.2) is 0 Å². The summed E-state index contributed by atoms with van der Waals surface area (Å²) in [5.41, 5.74) is 27.8. The molecular formula is C44H75N15O11. The summed E-state index contributed by atoms with van der Waals surface area (Å²) in [4.78, 5) is 127. The van der Waals surface area contributed by atoms with Crippen LogP contribution in [0.3, 0.4) is 0 Å². The zero-order valence-corrected chi connectivity index (χ0v) is 40.8. The van der Waals surface area contributed by atoms with Crippen LogP contribution in [0, 0.1) is 11.8 Å². The standard InChI is InChI=1S/C44H75N15O11/c1-7-23(3)33(35(45)63)58-39(67)29(20-26-14-10-9-11-15-26)56-42(70)34(24(4)8-2)59-40(68)30(21-32(61)62)55-36(64)25(5)53-41(69)31(22-60)57-38(66)28(17-13-19-52-44(48)49)54-37(65)27(50-6)16-12-18-51-43(46)47/h9-11,14-15,23-25,27-31,33-34,50,60H,7-8,12-13,16-22H2,1-6H3,(H2,45,63)(H,53,69)(H,54,65)(H,55,64)(H,56,70)(H,57,66)(H,58,67)(H,59,68)(H,61,62)(H4,46,47,51)(H4,48,49,52)/t23-,24-,25-,27-,28-,29-,30-,31-,33-,34-/m0/s1. The lowest BCUT2D eigenvalue weighted by atomic mass is 9.95. The molecule has 0 aliphatic heterocycles. The Morgan fingerprint density at radius 3 is 1.50 bits per heavy atom. The van der Waals surface area contributed by atoms with Crippen LogP contribution in [0.4, 0.5) is 0 Å². The lowest BCUT2D eigenvalue weighted by Gasteiger charge is -2.29. The van der Waals surface area contributed by atoms with E-state index in [9.17, 15) is 53.4 Å². The number of benzene rings is 1. The van der Waals surface area contributed by atoms with Gasteiger partial charge in [-0.1, -0.05) is 70.9 Å². The molecule has 26 heteroatoms. The number of carbonyl (C=O) groups excluding carboxylic acids is 8. The van der Waals surface area contributed by atoms with Crippen molar-refractivity contribution in [2.45, 2.75) is 134 Å². The molecule has 1 aromatic rings. The lowest BCUT2D eigenvalue weighted by Crippen LogP contribution is -2.61. The smallest absolute Gasteiger partial charge is 0.305 e. The van der Waals surface area contributed by atoms with E-state index in [-0.39, 0.29) is 56.6 Å². The van der Waals surface area contributed by atoms with Crippen molar-refractivity contribution in [1.29, 1.82) is 0 Å². The van der Waals surface area contributed by atoms with E-state index in [0.717, 1.165) is 0 Å². The van der Waals surface area contributed by atoms with Gasteiger partial charge in [0.1, 0.15) is 42.3 Å². The van der Waals surface area contributed by atoms with Gasteiger partial charge in [-0.15, -0.1) is 0 Å². The highest BCUT2D eigenvalue weighted by molar-refractivity contribution is 5.98.